The van der Waals surface area contributed by atoms with Crippen molar-refractivity contribution in [2.45, 2.75) is 52.3 Å². The number of rotatable bonds is 3. The van der Waals surface area contributed by atoms with Gasteiger partial charge in [-0.3, -0.25) is 8.81 Å². The van der Waals surface area contributed by atoms with Crippen molar-refractivity contribution < 1.29 is 17.4 Å². The van der Waals surface area contributed by atoms with Gasteiger partial charge in [-0.1, -0.05) is 6.92 Å². The third-order valence-electron chi connectivity index (χ3n) is 2.27. The van der Waals surface area contributed by atoms with Crippen molar-refractivity contribution in [1.29, 1.82) is 0 Å². The average Bonchev–Trinajstić information content (AvgIpc) is 2.04. The first-order chi connectivity index (χ1) is 7.15. The van der Waals surface area contributed by atoms with E-state index >= 15 is 0 Å². The van der Waals surface area contributed by atoms with Gasteiger partial charge in [-0.05, 0) is 27.2 Å². The Hall–Kier alpha value is -0.523. The van der Waals surface area contributed by atoms with Crippen LogP contribution in [0.25, 0.3) is 0 Å². The van der Waals surface area contributed by atoms with E-state index in [0.717, 1.165) is 18.7 Å². The molecule has 0 bridgehead atoms. The van der Waals surface area contributed by atoms with Gasteiger partial charge in [-0.15, -0.1) is 0 Å². The monoisotopic (exact) mass is 251 g/mol. The summed E-state index contributed by atoms with van der Waals surface area (Å²) >= 11 is 0. The number of halogens is 3. The predicted molar refractivity (Wildman–Crippen MR) is 58.4 cm³/mol. The Morgan fingerprint density at radius 3 is 2.19 bits per heavy atom. The zero-order chi connectivity index (χ0) is 12.6. The highest BCUT2D eigenvalue weighted by atomic mass is 28.2. The molecule has 6 heteroatoms. The molecule has 0 saturated carbocycles. The summed E-state index contributed by atoms with van der Waals surface area (Å²) in [5, 5.41) is 0. The van der Waals surface area contributed by atoms with Crippen LogP contribution < -0.4 is 0 Å². The minimum Gasteiger partial charge on any atom is -0.269 e. The zero-order valence-electron chi connectivity index (χ0n) is 10.1. The van der Waals surface area contributed by atoms with Crippen molar-refractivity contribution in [1.82, 2.24) is 4.57 Å². The molecule has 0 aromatic rings. The lowest BCUT2D eigenvalue weighted by Crippen LogP contribution is -2.64. The molecule has 1 rings (SSSR count). The number of hydrogen-bond acceptors (Lipinski definition) is 1. The SMILES string of the molecule is CCCC1=[N+](CC(F)(F)F)[Si]N1C(C)(C)C. The summed E-state index contributed by atoms with van der Waals surface area (Å²) in [6, 6.07) is 0. The topological polar surface area (TPSA) is 6.25 Å². The maximum absolute atomic E-state index is 12.3. The van der Waals surface area contributed by atoms with Crippen LogP contribution in [0.1, 0.15) is 40.5 Å². The van der Waals surface area contributed by atoms with Crippen LogP contribution in [-0.4, -0.2) is 42.7 Å². The summed E-state index contributed by atoms with van der Waals surface area (Å²) in [4.78, 5) is 0. The van der Waals surface area contributed by atoms with Crippen molar-refractivity contribution in [2.24, 2.45) is 0 Å². The van der Waals surface area contributed by atoms with Crippen molar-refractivity contribution in [3.05, 3.63) is 0 Å². The van der Waals surface area contributed by atoms with Crippen LogP contribution in [0, 0.1) is 0 Å². The van der Waals surface area contributed by atoms with Gasteiger partial charge >= 0.3 is 16.0 Å². The second-order valence-electron chi connectivity index (χ2n) is 4.97. The van der Waals surface area contributed by atoms with Gasteiger partial charge in [0.1, 0.15) is 0 Å². The predicted octanol–water partition coefficient (Wildman–Crippen LogP) is 2.41. The molecular weight excluding hydrogens is 233 g/mol. The Balaban J connectivity index is 2.79. The molecule has 2 radical (unpaired) electrons. The third kappa shape index (κ3) is 3.23. The number of amidine groups is 1. The highest BCUT2D eigenvalue weighted by Crippen LogP contribution is 2.23. The molecule has 1 aliphatic rings. The van der Waals surface area contributed by atoms with Gasteiger partial charge in [0, 0.05) is 6.42 Å². The quantitative estimate of drug-likeness (QED) is 0.698. The maximum Gasteiger partial charge on any atom is 0.645 e. The van der Waals surface area contributed by atoms with Gasteiger partial charge in [0.2, 0.25) is 5.84 Å². The molecule has 2 nitrogen and oxygen atoms in total. The largest absolute Gasteiger partial charge is 0.645 e. The highest BCUT2D eigenvalue weighted by molar-refractivity contribution is 6.35. The normalized spacial score (nSPS) is 17.8. The van der Waals surface area contributed by atoms with Gasteiger partial charge in [-0.2, -0.15) is 13.2 Å². The van der Waals surface area contributed by atoms with Gasteiger partial charge in [0.05, 0.1) is 5.54 Å². The lowest BCUT2D eigenvalue weighted by Gasteiger charge is -2.37. The van der Waals surface area contributed by atoms with E-state index in [0.29, 0.717) is 0 Å². The summed E-state index contributed by atoms with van der Waals surface area (Å²) in [5.41, 5.74) is -0.0783. The molecule has 0 saturated heterocycles. The van der Waals surface area contributed by atoms with Crippen LogP contribution in [0.2, 0.25) is 0 Å². The Bertz CT molecular complexity index is 291. The Morgan fingerprint density at radius 1 is 1.25 bits per heavy atom. The second kappa shape index (κ2) is 4.39. The van der Waals surface area contributed by atoms with Crippen molar-refractivity contribution >= 4 is 15.7 Å². The second-order valence-corrected chi connectivity index (χ2v) is 6.16. The molecule has 0 aromatic carbocycles. The van der Waals surface area contributed by atoms with Crippen LogP contribution >= 0.6 is 0 Å². The van der Waals surface area contributed by atoms with Crippen molar-refractivity contribution in [3.8, 4) is 0 Å². The summed E-state index contributed by atoms with van der Waals surface area (Å²) < 4.78 is 40.4. The van der Waals surface area contributed by atoms with E-state index < -0.39 is 12.7 Å². The lowest BCUT2D eigenvalue weighted by atomic mass is 10.1. The van der Waals surface area contributed by atoms with Gasteiger partial charge in [-0.25, -0.2) is 0 Å². The van der Waals surface area contributed by atoms with Gasteiger partial charge in [0.15, 0.2) is 6.54 Å². The fourth-order valence-corrected chi connectivity index (χ4v) is 2.95. The van der Waals surface area contributed by atoms with E-state index in [1.165, 1.54) is 4.24 Å². The van der Waals surface area contributed by atoms with Crippen molar-refractivity contribution in [3.63, 3.8) is 0 Å². The molecule has 1 aliphatic heterocycles. The average molecular weight is 251 g/mol. The van der Waals surface area contributed by atoms with Gasteiger partial charge in [0.25, 0.3) is 0 Å². The van der Waals surface area contributed by atoms with E-state index in [-0.39, 0.29) is 15.4 Å². The van der Waals surface area contributed by atoms with Crippen LogP contribution in [0.4, 0.5) is 13.2 Å². The fourth-order valence-electron chi connectivity index (χ4n) is 1.63. The Morgan fingerprint density at radius 2 is 1.81 bits per heavy atom. The van der Waals surface area contributed by atoms with Crippen LogP contribution in [0.15, 0.2) is 0 Å². The molecule has 0 aliphatic carbocycles. The third-order valence-corrected chi connectivity index (χ3v) is 4.06. The minimum absolute atomic E-state index is 0.0783. The van der Waals surface area contributed by atoms with E-state index in [2.05, 4.69) is 4.57 Å². The molecule has 0 amide bonds. The van der Waals surface area contributed by atoms with Crippen molar-refractivity contribution in [2.75, 3.05) is 6.54 Å². The molecule has 92 valence electrons. The summed E-state index contributed by atoms with van der Waals surface area (Å²) in [5.74, 6) is 0.839. The summed E-state index contributed by atoms with van der Waals surface area (Å²) in [6.45, 7) is 7.26. The molecule has 0 fully saturated rings. The Kier molecular flexibility index (Phi) is 3.71. The van der Waals surface area contributed by atoms with E-state index in [9.17, 15) is 13.2 Å². The molecule has 0 spiro atoms. The van der Waals surface area contributed by atoms with E-state index in [1.54, 1.807) is 0 Å². The van der Waals surface area contributed by atoms with Crippen LogP contribution in [-0.2, 0) is 0 Å². The number of nitrogens with zero attached hydrogens (tertiary/aromatic N) is 2. The highest BCUT2D eigenvalue weighted by Gasteiger charge is 2.49. The Labute approximate surface area is 97.1 Å². The van der Waals surface area contributed by atoms with Gasteiger partial charge < -0.3 is 0 Å². The van der Waals surface area contributed by atoms with Crippen LogP contribution in [0.5, 0.6) is 0 Å². The minimum atomic E-state index is -4.10. The first-order valence-electron chi connectivity index (χ1n) is 5.42. The number of hydrogen-bond donors (Lipinski definition) is 0. The zero-order valence-corrected chi connectivity index (χ0v) is 11.1. The molecular formula is C10H18F3N2Si+. The molecule has 0 atom stereocenters. The first-order valence-corrected chi connectivity index (χ1v) is 6.31. The lowest BCUT2D eigenvalue weighted by molar-refractivity contribution is -0.467. The van der Waals surface area contributed by atoms with E-state index in [4.69, 9.17) is 0 Å². The van der Waals surface area contributed by atoms with E-state index in [1.807, 2.05) is 27.7 Å². The molecule has 0 N–H and O–H groups in total. The van der Waals surface area contributed by atoms with Crippen LogP contribution in [0.3, 0.4) is 0 Å². The summed E-state index contributed by atoms with van der Waals surface area (Å²) in [6.07, 6.45) is -2.50. The fraction of sp³-hybridized carbons (Fsp3) is 0.900. The maximum atomic E-state index is 12.3. The molecule has 0 aromatic heterocycles. The first kappa shape index (κ1) is 13.5. The smallest absolute Gasteiger partial charge is 0.269 e. The number of alkyl halides is 3. The molecule has 16 heavy (non-hydrogen) atoms. The standard InChI is InChI=1S/C10H18F3N2Si/c1-5-6-8-14(7-10(11,12)13)16-15(8)9(2,3)4/h5-7H2,1-4H3/q+1. The summed E-state index contributed by atoms with van der Waals surface area (Å²) in [7, 11) is 0.128. The molecule has 1 heterocycles. The molecule has 0 unspecified atom stereocenters.